The van der Waals surface area contributed by atoms with Crippen molar-refractivity contribution >= 4 is 5.97 Å². The lowest BCUT2D eigenvalue weighted by molar-refractivity contribution is -0.150. The first-order chi connectivity index (χ1) is 8.90. The van der Waals surface area contributed by atoms with E-state index < -0.39 is 6.10 Å². The number of hydrogen-bond donors (Lipinski definition) is 0. The second-order valence-corrected chi connectivity index (χ2v) is 5.27. The monoisotopic (exact) mass is 264 g/mol. The van der Waals surface area contributed by atoms with Gasteiger partial charge in [-0.25, -0.2) is 4.79 Å². The topological polar surface area (TPSA) is 35.5 Å². The van der Waals surface area contributed by atoms with Gasteiger partial charge >= 0.3 is 5.97 Å². The van der Waals surface area contributed by atoms with Crippen LogP contribution in [0, 0.1) is 0 Å². The van der Waals surface area contributed by atoms with E-state index >= 15 is 0 Å². The Morgan fingerprint density at radius 2 is 1.79 bits per heavy atom. The van der Waals surface area contributed by atoms with Crippen LogP contribution in [0.4, 0.5) is 0 Å². The molecule has 0 heterocycles. The molecule has 3 nitrogen and oxygen atoms in total. The smallest absolute Gasteiger partial charge is 0.347 e. The molecule has 0 fully saturated rings. The standard InChI is InChI=1S/C16H24O3/c1-6-16(4,5)13-8-10-14(11-9-13)19-12(3)15(17)18-7-2/h8-12H,6-7H2,1-5H3/t12-/m0/s1. The maximum Gasteiger partial charge on any atom is 0.347 e. The molecular weight excluding hydrogens is 240 g/mol. The highest BCUT2D eigenvalue weighted by molar-refractivity contribution is 5.74. The van der Waals surface area contributed by atoms with Gasteiger partial charge in [0.2, 0.25) is 0 Å². The van der Waals surface area contributed by atoms with Crippen molar-refractivity contribution in [2.24, 2.45) is 0 Å². The highest BCUT2D eigenvalue weighted by atomic mass is 16.6. The number of hydrogen-bond acceptors (Lipinski definition) is 3. The molecule has 0 aliphatic heterocycles. The Balaban J connectivity index is 2.70. The zero-order chi connectivity index (χ0) is 14.5. The van der Waals surface area contributed by atoms with Crippen molar-refractivity contribution in [2.45, 2.75) is 52.6 Å². The summed E-state index contributed by atoms with van der Waals surface area (Å²) in [4.78, 5) is 11.5. The molecular formula is C16H24O3. The Bertz CT molecular complexity index is 407. The van der Waals surface area contributed by atoms with E-state index in [1.54, 1.807) is 13.8 Å². The van der Waals surface area contributed by atoms with E-state index in [2.05, 4.69) is 32.9 Å². The molecule has 3 heteroatoms. The van der Waals surface area contributed by atoms with Gasteiger partial charge in [0.25, 0.3) is 0 Å². The van der Waals surface area contributed by atoms with Crippen LogP contribution in [-0.4, -0.2) is 18.7 Å². The first kappa shape index (κ1) is 15.5. The largest absolute Gasteiger partial charge is 0.479 e. The van der Waals surface area contributed by atoms with E-state index in [0.29, 0.717) is 12.4 Å². The fraction of sp³-hybridized carbons (Fsp3) is 0.562. The highest BCUT2D eigenvalue weighted by Crippen LogP contribution is 2.28. The molecule has 0 radical (unpaired) electrons. The summed E-state index contributed by atoms with van der Waals surface area (Å²) in [6.45, 7) is 10.5. The Hall–Kier alpha value is -1.51. The van der Waals surface area contributed by atoms with Gasteiger partial charge in [0.15, 0.2) is 6.10 Å². The van der Waals surface area contributed by atoms with Crippen molar-refractivity contribution in [3.8, 4) is 5.75 Å². The molecule has 0 aliphatic carbocycles. The van der Waals surface area contributed by atoms with Crippen molar-refractivity contribution in [1.29, 1.82) is 0 Å². The van der Waals surface area contributed by atoms with E-state index in [4.69, 9.17) is 9.47 Å². The van der Waals surface area contributed by atoms with Crippen molar-refractivity contribution in [3.05, 3.63) is 29.8 Å². The summed E-state index contributed by atoms with van der Waals surface area (Å²) in [6, 6.07) is 7.92. The zero-order valence-corrected chi connectivity index (χ0v) is 12.5. The lowest BCUT2D eigenvalue weighted by Crippen LogP contribution is -2.26. The molecule has 1 aromatic carbocycles. The lowest BCUT2D eigenvalue weighted by Gasteiger charge is -2.23. The van der Waals surface area contributed by atoms with Crippen LogP contribution in [0.2, 0.25) is 0 Å². The van der Waals surface area contributed by atoms with Gasteiger partial charge in [-0.3, -0.25) is 0 Å². The van der Waals surface area contributed by atoms with Gasteiger partial charge in [-0.15, -0.1) is 0 Å². The Kier molecular flexibility index (Phi) is 5.40. The quantitative estimate of drug-likeness (QED) is 0.735. The SMILES string of the molecule is CCOC(=O)[C@H](C)Oc1ccc(C(C)(C)CC)cc1. The molecule has 0 aromatic heterocycles. The van der Waals surface area contributed by atoms with Crippen LogP contribution in [0.15, 0.2) is 24.3 Å². The summed E-state index contributed by atoms with van der Waals surface area (Å²) in [5, 5.41) is 0. The molecule has 0 saturated carbocycles. The number of esters is 1. The Morgan fingerprint density at radius 1 is 1.21 bits per heavy atom. The summed E-state index contributed by atoms with van der Waals surface area (Å²) >= 11 is 0. The van der Waals surface area contributed by atoms with Gasteiger partial charge in [-0.2, -0.15) is 0 Å². The summed E-state index contributed by atoms with van der Waals surface area (Å²) in [7, 11) is 0. The molecule has 0 amide bonds. The Morgan fingerprint density at radius 3 is 2.26 bits per heavy atom. The first-order valence-electron chi connectivity index (χ1n) is 6.84. The van der Waals surface area contributed by atoms with Gasteiger partial charge in [0, 0.05) is 0 Å². The van der Waals surface area contributed by atoms with Crippen LogP contribution >= 0.6 is 0 Å². The van der Waals surface area contributed by atoms with Crippen molar-refractivity contribution in [2.75, 3.05) is 6.61 Å². The third-order valence-corrected chi connectivity index (χ3v) is 3.45. The number of benzene rings is 1. The van der Waals surface area contributed by atoms with E-state index in [1.807, 2.05) is 12.1 Å². The molecule has 19 heavy (non-hydrogen) atoms. The van der Waals surface area contributed by atoms with Gasteiger partial charge in [-0.1, -0.05) is 32.9 Å². The first-order valence-corrected chi connectivity index (χ1v) is 6.84. The van der Waals surface area contributed by atoms with E-state index in [-0.39, 0.29) is 11.4 Å². The maximum atomic E-state index is 11.5. The van der Waals surface area contributed by atoms with Crippen LogP contribution in [0.5, 0.6) is 5.75 Å². The van der Waals surface area contributed by atoms with Gasteiger partial charge < -0.3 is 9.47 Å². The van der Waals surface area contributed by atoms with Gasteiger partial charge in [0.1, 0.15) is 5.75 Å². The number of carbonyl (C=O) groups excluding carboxylic acids is 1. The molecule has 106 valence electrons. The predicted octanol–water partition coefficient (Wildman–Crippen LogP) is 3.70. The fourth-order valence-electron chi connectivity index (χ4n) is 1.70. The average Bonchev–Trinajstić information content (AvgIpc) is 2.39. The summed E-state index contributed by atoms with van der Waals surface area (Å²) in [6.07, 6.45) is 0.497. The molecule has 0 aliphatic rings. The van der Waals surface area contributed by atoms with Crippen LogP contribution in [-0.2, 0) is 14.9 Å². The van der Waals surface area contributed by atoms with Crippen molar-refractivity contribution < 1.29 is 14.3 Å². The normalized spacial score (nSPS) is 12.9. The van der Waals surface area contributed by atoms with Crippen LogP contribution in [0.25, 0.3) is 0 Å². The molecule has 0 saturated heterocycles. The van der Waals surface area contributed by atoms with Gasteiger partial charge in [0.05, 0.1) is 6.61 Å². The van der Waals surface area contributed by atoms with Crippen LogP contribution in [0.3, 0.4) is 0 Å². The molecule has 1 atom stereocenters. The molecule has 0 spiro atoms. The number of carbonyl (C=O) groups is 1. The fourth-order valence-corrected chi connectivity index (χ4v) is 1.70. The molecule has 1 aromatic rings. The highest BCUT2D eigenvalue weighted by Gasteiger charge is 2.19. The van der Waals surface area contributed by atoms with E-state index in [9.17, 15) is 4.79 Å². The molecule has 0 bridgehead atoms. The lowest BCUT2D eigenvalue weighted by atomic mass is 9.82. The van der Waals surface area contributed by atoms with E-state index in [0.717, 1.165) is 6.42 Å². The average molecular weight is 264 g/mol. The van der Waals surface area contributed by atoms with Crippen molar-refractivity contribution in [3.63, 3.8) is 0 Å². The van der Waals surface area contributed by atoms with Crippen molar-refractivity contribution in [1.82, 2.24) is 0 Å². The second kappa shape index (κ2) is 6.60. The molecule has 0 N–H and O–H groups in total. The Labute approximate surface area is 115 Å². The number of ether oxygens (including phenoxy) is 2. The van der Waals surface area contributed by atoms with Crippen LogP contribution in [0.1, 0.15) is 46.6 Å². The predicted molar refractivity (Wildman–Crippen MR) is 76.5 cm³/mol. The summed E-state index contributed by atoms with van der Waals surface area (Å²) in [5.41, 5.74) is 1.43. The van der Waals surface area contributed by atoms with Crippen LogP contribution < -0.4 is 4.74 Å². The summed E-state index contributed by atoms with van der Waals surface area (Å²) in [5.74, 6) is 0.358. The minimum Gasteiger partial charge on any atom is -0.479 e. The minimum atomic E-state index is -0.579. The maximum absolute atomic E-state index is 11.5. The molecule has 0 unspecified atom stereocenters. The second-order valence-electron chi connectivity index (χ2n) is 5.27. The third kappa shape index (κ3) is 4.27. The minimum absolute atomic E-state index is 0.158. The zero-order valence-electron chi connectivity index (χ0n) is 12.5. The third-order valence-electron chi connectivity index (χ3n) is 3.45. The van der Waals surface area contributed by atoms with E-state index in [1.165, 1.54) is 5.56 Å². The number of rotatable bonds is 6. The molecule has 1 rings (SSSR count). The van der Waals surface area contributed by atoms with Gasteiger partial charge in [-0.05, 0) is 43.4 Å². The summed E-state index contributed by atoms with van der Waals surface area (Å²) < 4.78 is 10.5.